The molecule has 8 nitrogen and oxygen atoms in total. The van der Waals surface area contributed by atoms with E-state index >= 15 is 0 Å². The molecule has 0 amide bonds. The first-order valence-corrected chi connectivity index (χ1v) is 11.2. The molecule has 0 aliphatic heterocycles. The van der Waals surface area contributed by atoms with Gasteiger partial charge < -0.3 is 15.6 Å². The minimum absolute atomic E-state index is 0.0379. The number of fused-ring (bicyclic) bond motifs is 1. The summed E-state index contributed by atoms with van der Waals surface area (Å²) in [7, 11) is -3.90. The van der Waals surface area contributed by atoms with Crippen molar-refractivity contribution in [3.8, 4) is 11.5 Å². The number of benzene rings is 3. The second-order valence-corrected chi connectivity index (χ2v) is 8.77. The summed E-state index contributed by atoms with van der Waals surface area (Å²) in [4.78, 5) is 4.03. The fourth-order valence-electron chi connectivity index (χ4n) is 2.78. The highest BCUT2D eigenvalue weighted by molar-refractivity contribution is 8.14. The van der Waals surface area contributed by atoms with E-state index < -0.39 is 10.0 Å². The summed E-state index contributed by atoms with van der Waals surface area (Å²) >= 11 is 0.928. The summed E-state index contributed by atoms with van der Waals surface area (Å²) in [6.45, 7) is 2.33. The maximum atomic E-state index is 12.9. The van der Waals surface area contributed by atoms with E-state index in [1.807, 2.05) is 6.92 Å². The van der Waals surface area contributed by atoms with Crippen molar-refractivity contribution < 1.29 is 18.3 Å². The summed E-state index contributed by atoms with van der Waals surface area (Å²) in [5, 5.41) is 18.6. The highest BCUT2D eigenvalue weighted by Gasteiger charge is 2.19. The van der Waals surface area contributed by atoms with E-state index in [9.17, 15) is 13.5 Å². The van der Waals surface area contributed by atoms with Gasteiger partial charge in [-0.3, -0.25) is 10.1 Å². The van der Waals surface area contributed by atoms with Gasteiger partial charge in [-0.25, -0.2) is 13.4 Å². The number of thioether (sulfide) groups is 1. The number of amidine groups is 1. The quantitative estimate of drug-likeness (QED) is 0.189. The number of phenols is 1. The molecule has 0 aromatic heterocycles. The van der Waals surface area contributed by atoms with Crippen molar-refractivity contribution in [2.45, 2.75) is 16.7 Å². The molecule has 0 bridgehead atoms. The molecule has 0 aliphatic carbocycles. The van der Waals surface area contributed by atoms with Crippen LogP contribution < -0.4 is 15.2 Å². The van der Waals surface area contributed by atoms with Crippen molar-refractivity contribution in [1.29, 1.82) is 5.41 Å². The number of sulfonamides is 1. The van der Waals surface area contributed by atoms with E-state index in [0.29, 0.717) is 28.0 Å². The molecule has 3 rings (SSSR count). The Morgan fingerprint density at radius 2 is 1.90 bits per heavy atom. The standard InChI is InChI=1S/C20H20N4O4S2/c1-2-28-13-7-9-14(10-8-13)30(26,27)24-17-11-18(29-20(22)23-12-21)19(25)16-6-4-3-5-15(16)17/h3-12,24-25H,2H2,1H3,(H3,21,22,23). The maximum Gasteiger partial charge on any atom is 0.261 e. The molecule has 0 saturated heterocycles. The van der Waals surface area contributed by atoms with Gasteiger partial charge in [0.25, 0.3) is 10.0 Å². The summed E-state index contributed by atoms with van der Waals surface area (Å²) in [6, 6.07) is 14.4. The van der Waals surface area contributed by atoms with E-state index in [0.717, 1.165) is 18.1 Å². The van der Waals surface area contributed by atoms with E-state index in [4.69, 9.17) is 15.9 Å². The summed E-state index contributed by atoms with van der Waals surface area (Å²) in [6.07, 6.45) is 0.788. The van der Waals surface area contributed by atoms with Crippen molar-refractivity contribution in [2.24, 2.45) is 10.7 Å². The predicted molar refractivity (Wildman–Crippen MR) is 120 cm³/mol. The van der Waals surface area contributed by atoms with E-state index in [-0.39, 0.29) is 21.5 Å². The Balaban J connectivity index is 2.05. The lowest BCUT2D eigenvalue weighted by Crippen LogP contribution is -2.13. The van der Waals surface area contributed by atoms with Gasteiger partial charge in [0.1, 0.15) is 17.8 Å². The third-order valence-electron chi connectivity index (χ3n) is 4.08. The molecule has 10 heteroatoms. The van der Waals surface area contributed by atoms with Crippen LogP contribution in [0.4, 0.5) is 5.69 Å². The Bertz CT molecular complexity index is 1210. The number of aliphatic imine (C=N–C) groups is 1. The number of anilines is 1. The van der Waals surface area contributed by atoms with Gasteiger partial charge in [-0.05, 0) is 49.0 Å². The molecule has 0 saturated carbocycles. The van der Waals surface area contributed by atoms with Gasteiger partial charge >= 0.3 is 0 Å². The average Bonchev–Trinajstić information content (AvgIpc) is 2.72. The number of aromatic hydroxyl groups is 1. The van der Waals surface area contributed by atoms with Gasteiger partial charge in [-0.15, -0.1) is 0 Å². The first kappa shape index (κ1) is 21.5. The van der Waals surface area contributed by atoms with Crippen LogP contribution in [-0.2, 0) is 10.0 Å². The van der Waals surface area contributed by atoms with Crippen molar-refractivity contribution in [3.05, 3.63) is 54.6 Å². The van der Waals surface area contributed by atoms with Gasteiger partial charge in [-0.1, -0.05) is 24.3 Å². The highest BCUT2D eigenvalue weighted by Crippen LogP contribution is 2.40. The van der Waals surface area contributed by atoms with Crippen LogP contribution in [0.2, 0.25) is 0 Å². The molecule has 5 N–H and O–H groups in total. The van der Waals surface area contributed by atoms with Crippen LogP contribution in [0.1, 0.15) is 6.92 Å². The largest absolute Gasteiger partial charge is 0.506 e. The van der Waals surface area contributed by atoms with Gasteiger partial charge in [0.05, 0.1) is 22.1 Å². The van der Waals surface area contributed by atoms with Crippen molar-refractivity contribution >= 4 is 49.8 Å². The minimum atomic E-state index is -3.90. The van der Waals surface area contributed by atoms with Crippen LogP contribution in [-0.4, -0.2) is 31.6 Å². The second-order valence-electron chi connectivity index (χ2n) is 6.02. The fraction of sp³-hybridized carbons (Fsp3) is 0.100. The van der Waals surface area contributed by atoms with Crippen molar-refractivity contribution in [2.75, 3.05) is 11.3 Å². The van der Waals surface area contributed by atoms with Crippen molar-refractivity contribution in [1.82, 2.24) is 0 Å². The first-order valence-electron chi connectivity index (χ1n) is 8.86. The summed E-state index contributed by atoms with van der Waals surface area (Å²) < 4.78 is 33.8. The number of hydrogen-bond acceptors (Lipinski definition) is 6. The van der Waals surface area contributed by atoms with Crippen LogP contribution in [0.15, 0.2) is 69.4 Å². The van der Waals surface area contributed by atoms with Crippen molar-refractivity contribution in [3.63, 3.8) is 0 Å². The molecular weight excluding hydrogens is 424 g/mol. The minimum Gasteiger partial charge on any atom is -0.506 e. The topological polar surface area (TPSA) is 138 Å². The second kappa shape index (κ2) is 9.06. The lowest BCUT2D eigenvalue weighted by Gasteiger charge is -2.15. The molecule has 30 heavy (non-hydrogen) atoms. The normalized spacial score (nSPS) is 12.0. The molecule has 0 fully saturated rings. The number of phenolic OH excluding ortho intramolecular Hbond substituents is 1. The lowest BCUT2D eigenvalue weighted by atomic mass is 10.1. The Morgan fingerprint density at radius 1 is 1.23 bits per heavy atom. The number of ether oxygens (including phenoxy) is 1. The SMILES string of the molecule is CCOc1ccc(S(=O)(=O)Nc2cc(SC(N)=NC=N)c(O)c3ccccc23)cc1. The molecule has 0 unspecified atom stereocenters. The van der Waals surface area contributed by atoms with E-state index in [2.05, 4.69) is 9.71 Å². The number of nitrogens with two attached hydrogens (primary N) is 1. The van der Waals surface area contributed by atoms with E-state index in [1.54, 1.807) is 36.4 Å². The number of nitrogens with zero attached hydrogens (tertiary/aromatic N) is 1. The third kappa shape index (κ3) is 4.66. The van der Waals surface area contributed by atoms with Crippen LogP contribution in [0.25, 0.3) is 10.8 Å². The van der Waals surface area contributed by atoms with Gasteiger partial charge in [0.15, 0.2) is 5.17 Å². The molecule has 3 aromatic carbocycles. The molecule has 3 aromatic rings. The zero-order chi connectivity index (χ0) is 21.7. The molecular formula is C20H20N4O4S2. The third-order valence-corrected chi connectivity index (χ3v) is 6.30. The Morgan fingerprint density at radius 3 is 2.53 bits per heavy atom. The number of hydrogen-bond donors (Lipinski definition) is 4. The smallest absolute Gasteiger partial charge is 0.261 e. The molecule has 0 heterocycles. The van der Waals surface area contributed by atoms with Crippen LogP contribution in [0.3, 0.4) is 0 Å². The van der Waals surface area contributed by atoms with Crippen LogP contribution in [0.5, 0.6) is 11.5 Å². The predicted octanol–water partition coefficient (Wildman–Crippen LogP) is 3.76. The molecule has 156 valence electrons. The van der Waals surface area contributed by atoms with E-state index in [1.165, 1.54) is 18.2 Å². The van der Waals surface area contributed by atoms with Gasteiger partial charge in [0.2, 0.25) is 0 Å². The Labute approximate surface area is 178 Å². The fourth-order valence-corrected chi connectivity index (χ4v) is 4.57. The molecule has 0 spiro atoms. The number of rotatable bonds is 7. The maximum absolute atomic E-state index is 12.9. The van der Waals surface area contributed by atoms with Gasteiger partial charge in [0, 0.05) is 10.8 Å². The zero-order valence-corrected chi connectivity index (χ0v) is 17.6. The molecule has 0 aliphatic rings. The van der Waals surface area contributed by atoms with Crippen LogP contribution in [0, 0.1) is 5.41 Å². The van der Waals surface area contributed by atoms with Gasteiger partial charge in [-0.2, -0.15) is 0 Å². The Hall–Kier alpha value is -3.24. The summed E-state index contributed by atoms with van der Waals surface area (Å²) in [5.41, 5.74) is 6.02. The molecule has 0 radical (unpaired) electrons. The first-order chi connectivity index (χ1) is 14.4. The lowest BCUT2D eigenvalue weighted by molar-refractivity contribution is 0.340. The highest BCUT2D eigenvalue weighted by atomic mass is 32.2. The Kier molecular flexibility index (Phi) is 6.48. The zero-order valence-electron chi connectivity index (χ0n) is 16.0. The van der Waals surface area contributed by atoms with Crippen LogP contribution >= 0.6 is 11.8 Å². The molecule has 0 atom stereocenters. The summed E-state index contributed by atoms with van der Waals surface area (Å²) in [5.74, 6) is 0.522. The average molecular weight is 445 g/mol. The monoisotopic (exact) mass is 444 g/mol. The number of nitrogens with one attached hydrogen (secondary N) is 2.